The van der Waals surface area contributed by atoms with E-state index < -0.39 is 12.0 Å². The molecule has 0 saturated carbocycles. The predicted molar refractivity (Wildman–Crippen MR) is 165 cm³/mol. The van der Waals surface area contributed by atoms with Crippen molar-refractivity contribution < 1.29 is 24.2 Å². The zero-order chi connectivity index (χ0) is 29.7. The fourth-order valence-electron chi connectivity index (χ4n) is 4.77. The van der Waals surface area contributed by atoms with Crippen LogP contribution in [-0.2, 0) is 19.1 Å². The molecule has 0 rings (SSSR count). The first-order chi connectivity index (χ1) is 19.4. The van der Waals surface area contributed by atoms with E-state index in [9.17, 15) is 19.5 Å². The normalized spacial score (nSPS) is 12.9. The van der Waals surface area contributed by atoms with E-state index in [0.717, 1.165) is 44.9 Å². The summed E-state index contributed by atoms with van der Waals surface area (Å²) < 4.78 is 5.84. The highest BCUT2D eigenvalue weighted by Gasteiger charge is 2.18. The molecule has 4 N–H and O–H groups in total. The molecule has 0 bridgehead atoms. The molecule has 0 fully saturated rings. The summed E-state index contributed by atoms with van der Waals surface area (Å²) in [4.78, 5) is 35.9. The number of hydrogen-bond acceptors (Lipinski definition) is 5. The molecule has 0 aliphatic heterocycles. The van der Waals surface area contributed by atoms with Crippen LogP contribution in [0.5, 0.6) is 0 Å². The predicted octanol–water partition coefficient (Wildman–Crippen LogP) is 7.99. The van der Waals surface area contributed by atoms with Gasteiger partial charge in [0.2, 0.25) is 5.91 Å². The molecule has 0 spiro atoms. The third kappa shape index (κ3) is 25.1. The average Bonchev–Trinajstić information content (AvgIpc) is 2.93. The number of carboxylic acids is 1. The van der Waals surface area contributed by atoms with E-state index in [4.69, 9.17) is 10.5 Å². The Morgan fingerprint density at radius 1 is 0.725 bits per heavy atom. The number of hydrogen-bond donors (Lipinski definition) is 3. The largest absolute Gasteiger partial charge is 0.480 e. The second-order valence-corrected chi connectivity index (χ2v) is 11.2. The standard InChI is InChI=1S/C33H62N2O5/c1-3-5-7-9-11-12-13-15-21-27-32(37)40-29(23-18-14-10-8-6-4-2)24-19-16-17-20-26-31(36)35-30(33(38)39)25-22-28-34/h18,23,29-30H,3-17,19-22,24-28,34H2,1-2H3,(H,35,36)(H,38,39)/b23-18-. The molecular formula is C33H62N2O5. The monoisotopic (exact) mass is 566 g/mol. The summed E-state index contributed by atoms with van der Waals surface area (Å²) >= 11 is 0. The van der Waals surface area contributed by atoms with Gasteiger partial charge in [0, 0.05) is 12.8 Å². The lowest BCUT2D eigenvalue weighted by atomic mass is 10.1. The van der Waals surface area contributed by atoms with Crippen molar-refractivity contribution in [3.63, 3.8) is 0 Å². The number of carbonyl (C=O) groups is 3. The molecule has 0 heterocycles. The fraction of sp³-hybridized carbons (Fsp3) is 0.848. The summed E-state index contributed by atoms with van der Waals surface area (Å²) in [5.74, 6) is -1.33. The fourth-order valence-corrected chi connectivity index (χ4v) is 4.77. The molecule has 40 heavy (non-hydrogen) atoms. The molecule has 2 unspecified atom stereocenters. The summed E-state index contributed by atoms with van der Waals surface area (Å²) in [5.41, 5.74) is 5.45. The molecule has 0 aliphatic rings. The Hall–Kier alpha value is -1.89. The third-order valence-electron chi connectivity index (χ3n) is 7.32. The first kappa shape index (κ1) is 38.1. The van der Waals surface area contributed by atoms with E-state index in [2.05, 4.69) is 31.3 Å². The van der Waals surface area contributed by atoms with E-state index in [1.54, 1.807) is 0 Å². The number of nitrogens with two attached hydrogens (primary N) is 1. The van der Waals surface area contributed by atoms with Gasteiger partial charge >= 0.3 is 11.9 Å². The first-order valence-electron chi connectivity index (χ1n) is 16.5. The summed E-state index contributed by atoms with van der Waals surface area (Å²) in [6.07, 6.45) is 27.0. The Morgan fingerprint density at radius 2 is 1.27 bits per heavy atom. The minimum atomic E-state index is -1.02. The van der Waals surface area contributed by atoms with Gasteiger partial charge in [-0.05, 0) is 64.0 Å². The molecule has 0 aromatic heterocycles. The van der Waals surface area contributed by atoms with Crippen LogP contribution >= 0.6 is 0 Å². The number of unbranched alkanes of at least 4 members (excludes halogenated alkanes) is 15. The number of amides is 1. The van der Waals surface area contributed by atoms with Crippen LogP contribution in [0.2, 0.25) is 0 Å². The minimum absolute atomic E-state index is 0.0946. The van der Waals surface area contributed by atoms with Crippen LogP contribution < -0.4 is 11.1 Å². The second-order valence-electron chi connectivity index (χ2n) is 11.2. The molecule has 7 heteroatoms. The van der Waals surface area contributed by atoms with Gasteiger partial charge in [-0.2, -0.15) is 0 Å². The number of nitrogens with one attached hydrogen (secondary N) is 1. The van der Waals surface area contributed by atoms with Crippen molar-refractivity contribution >= 4 is 17.8 Å². The van der Waals surface area contributed by atoms with Crippen LogP contribution in [0.3, 0.4) is 0 Å². The van der Waals surface area contributed by atoms with Crippen LogP contribution in [0.4, 0.5) is 0 Å². The summed E-state index contributed by atoms with van der Waals surface area (Å²) in [5, 5.41) is 11.8. The van der Waals surface area contributed by atoms with Crippen LogP contribution in [0.15, 0.2) is 12.2 Å². The van der Waals surface area contributed by atoms with Gasteiger partial charge < -0.3 is 20.9 Å². The Bertz CT molecular complexity index is 653. The average molecular weight is 567 g/mol. The summed E-state index contributed by atoms with van der Waals surface area (Å²) in [6.45, 7) is 4.86. The Labute approximate surface area is 245 Å². The summed E-state index contributed by atoms with van der Waals surface area (Å²) in [6, 6.07) is -0.865. The molecule has 0 aromatic rings. The van der Waals surface area contributed by atoms with Crippen molar-refractivity contribution in [2.45, 2.75) is 174 Å². The van der Waals surface area contributed by atoms with Gasteiger partial charge in [0.15, 0.2) is 0 Å². The first-order valence-corrected chi connectivity index (χ1v) is 16.5. The lowest BCUT2D eigenvalue weighted by Gasteiger charge is -2.15. The second kappa shape index (κ2) is 28.6. The van der Waals surface area contributed by atoms with Crippen LogP contribution in [0.1, 0.15) is 162 Å². The van der Waals surface area contributed by atoms with Crippen molar-refractivity contribution in [1.82, 2.24) is 5.32 Å². The Balaban J connectivity index is 4.31. The maximum absolute atomic E-state index is 12.5. The number of ether oxygens (including phenoxy) is 1. The molecule has 2 atom stereocenters. The maximum Gasteiger partial charge on any atom is 0.326 e. The van der Waals surface area contributed by atoms with Crippen molar-refractivity contribution in [3.05, 3.63) is 12.2 Å². The van der Waals surface area contributed by atoms with Crippen LogP contribution in [0, 0.1) is 0 Å². The van der Waals surface area contributed by atoms with Crippen molar-refractivity contribution in [2.75, 3.05) is 6.54 Å². The van der Waals surface area contributed by atoms with Gasteiger partial charge in [0.1, 0.15) is 12.1 Å². The smallest absolute Gasteiger partial charge is 0.326 e. The molecule has 1 amide bonds. The van der Waals surface area contributed by atoms with Gasteiger partial charge in [-0.25, -0.2) is 4.79 Å². The van der Waals surface area contributed by atoms with E-state index in [1.807, 2.05) is 0 Å². The van der Waals surface area contributed by atoms with Crippen LogP contribution in [0.25, 0.3) is 0 Å². The molecule has 0 saturated heterocycles. The zero-order valence-electron chi connectivity index (χ0n) is 25.9. The highest BCUT2D eigenvalue weighted by molar-refractivity contribution is 5.83. The zero-order valence-corrected chi connectivity index (χ0v) is 25.9. The highest BCUT2D eigenvalue weighted by Crippen LogP contribution is 2.15. The molecule has 234 valence electrons. The lowest BCUT2D eigenvalue weighted by molar-refractivity contribution is -0.147. The highest BCUT2D eigenvalue weighted by atomic mass is 16.5. The van der Waals surface area contributed by atoms with E-state index in [-0.39, 0.29) is 18.0 Å². The minimum Gasteiger partial charge on any atom is -0.480 e. The number of carbonyl (C=O) groups excluding carboxylic acids is 2. The topological polar surface area (TPSA) is 119 Å². The van der Waals surface area contributed by atoms with E-state index in [0.29, 0.717) is 38.6 Å². The van der Waals surface area contributed by atoms with E-state index >= 15 is 0 Å². The van der Waals surface area contributed by atoms with Crippen molar-refractivity contribution in [1.29, 1.82) is 0 Å². The van der Waals surface area contributed by atoms with Crippen LogP contribution in [-0.4, -0.2) is 41.6 Å². The molecule has 0 aliphatic carbocycles. The maximum atomic E-state index is 12.5. The van der Waals surface area contributed by atoms with Crippen molar-refractivity contribution in [3.8, 4) is 0 Å². The molecule has 0 aromatic carbocycles. The number of rotatable bonds is 29. The Kier molecular flexibility index (Phi) is 27.3. The third-order valence-corrected chi connectivity index (χ3v) is 7.32. The molecule has 0 radical (unpaired) electrons. The summed E-state index contributed by atoms with van der Waals surface area (Å²) in [7, 11) is 0. The quantitative estimate of drug-likeness (QED) is 0.0479. The molecule has 7 nitrogen and oxygen atoms in total. The van der Waals surface area contributed by atoms with E-state index in [1.165, 1.54) is 70.6 Å². The van der Waals surface area contributed by atoms with Gasteiger partial charge in [-0.3, -0.25) is 9.59 Å². The van der Waals surface area contributed by atoms with Crippen molar-refractivity contribution in [2.24, 2.45) is 5.73 Å². The SMILES string of the molecule is CCCCCC/C=C\C(CCCCCCC(=O)NC(CCCN)C(=O)O)OC(=O)CCCCCCCCCCC. The number of esters is 1. The Morgan fingerprint density at radius 3 is 1.88 bits per heavy atom. The van der Waals surface area contributed by atoms with Gasteiger partial charge in [-0.15, -0.1) is 0 Å². The lowest BCUT2D eigenvalue weighted by Crippen LogP contribution is -2.40. The number of allylic oxidation sites excluding steroid dienone is 1. The number of carboxylic acid groups (broad SMARTS) is 1. The molecular weight excluding hydrogens is 504 g/mol. The van der Waals surface area contributed by atoms with Gasteiger partial charge in [-0.1, -0.05) is 103 Å². The van der Waals surface area contributed by atoms with Gasteiger partial charge in [0.25, 0.3) is 0 Å². The number of aliphatic carboxylic acids is 1. The van der Waals surface area contributed by atoms with Gasteiger partial charge in [0.05, 0.1) is 0 Å².